The molecule has 20 heavy (non-hydrogen) atoms. The smallest absolute Gasteiger partial charge is 0.358 e. The van der Waals surface area contributed by atoms with Crippen molar-refractivity contribution in [1.82, 2.24) is 24.5 Å². The van der Waals surface area contributed by atoms with E-state index in [2.05, 4.69) is 29.1 Å². The van der Waals surface area contributed by atoms with E-state index < -0.39 is 5.97 Å². The van der Waals surface area contributed by atoms with Gasteiger partial charge in [0.1, 0.15) is 0 Å². The van der Waals surface area contributed by atoms with Gasteiger partial charge in [0.25, 0.3) is 0 Å². The van der Waals surface area contributed by atoms with Gasteiger partial charge < -0.3 is 15.4 Å². The quantitative estimate of drug-likeness (QED) is 0.786. The number of rotatable bonds is 6. The fraction of sp³-hybridized carbons (Fsp3) is 0.500. The Labute approximate surface area is 116 Å². The lowest BCUT2D eigenvalue weighted by atomic mass is 10.2. The van der Waals surface area contributed by atoms with Crippen molar-refractivity contribution in [2.45, 2.75) is 32.9 Å². The van der Waals surface area contributed by atoms with Crippen LogP contribution in [-0.4, -0.2) is 42.2 Å². The van der Waals surface area contributed by atoms with Crippen LogP contribution < -0.4 is 5.73 Å². The molecule has 2 heterocycles. The van der Waals surface area contributed by atoms with Crippen LogP contribution in [0.4, 0.5) is 0 Å². The Bertz CT molecular complexity index is 601. The molecule has 108 valence electrons. The number of carboxylic acid groups (broad SMARTS) is 1. The molecule has 0 aliphatic rings. The average Bonchev–Trinajstić information content (AvgIpc) is 2.98. The molecule has 0 amide bonds. The molecule has 2 aromatic rings. The van der Waals surface area contributed by atoms with Gasteiger partial charge in [-0.05, 0) is 20.4 Å². The second-order valence-electron chi connectivity index (χ2n) is 4.77. The maximum Gasteiger partial charge on any atom is 0.358 e. The molecule has 0 saturated carbocycles. The molecule has 3 N–H and O–H groups in total. The highest BCUT2D eigenvalue weighted by atomic mass is 16.4. The van der Waals surface area contributed by atoms with Crippen molar-refractivity contribution in [3.8, 4) is 0 Å². The largest absolute Gasteiger partial charge is 0.476 e. The predicted molar refractivity (Wildman–Crippen MR) is 71.5 cm³/mol. The lowest BCUT2D eigenvalue weighted by molar-refractivity contribution is 0.0689. The van der Waals surface area contributed by atoms with Gasteiger partial charge >= 0.3 is 5.97 Å². The van der Waals surface area contributed by atoms with E-state index >= 15 is 0 Å². The van der Waals surface area contributed by atoms with Crippen molar-refractivity contribution in [3.05, 3.63) is 29.6 Å². The van der Waals surface area contributed by atoms with E-state index in [9.17, 15) is 4.79 Å². The van der Waals surface area contributed by atoms with Crippen LogP contribution in [0.3, 0.4) is 0 Å². The second kappa shape index (κ2) is 5.83. The zero-order valence-electron chi connectivity index (χ0n) is 11.5. The highest BCUT2D eigenvalue weighted by Gasteiger charge is 2.19. The van der Waals surface area contributed by atoms with Crippen molar-refractivity contribution in [2.75, 3.05) is 6.54 Å². The summed E-state index contributed by atoms with van der Waals surface area (Å²) in [7, 11) is 0. The Kier molecular flexibility index (Phi) is 4.14. The predicted octanol–water partition coefficient (Wildman–Crippen LogP) is 0.303. The SMILES string of the molecule is CC(C)n1cncc1Cn1nnc(C(=O)O)c1CCN. The average molecular weight is 278 g/mol. The summed E-state index contributed by atoms with van der Waals surface area (Å²) < 4.78 is 3.58. The number of carboxylic acids is 1. The Morgan fingerprint density at radius 1 is 1.50 bits per heavy atom. The molecule has 0 aliphatic carbocycles. The molecule has 8 heteroatoms. The zero-order chi connectivity index (χ0) is 14.7. The number of nitrogens with two attached hydrogens (primary N) is 1. The van der Waals surface area contributed by atoms with E-state index in [4.69, 9.17) is 10.8 Å². The molecule has 2 rings (SSSR count). The minimum Gasteiger partial charge on any atom is -0.476 e. The van der Waals surface area contributed by atoms with E-state index in [1.807, 2.05) is 4.57 Å². The molecular weight excluding hydrogens is 260 g/mol. The van der Waals surface area contributed by atoms with Crippen molar-refractivity contribution >= 4 is 5.97 Å². The molecule has 0 radical (unpaired) electrons. The van der Waals surface area contributed by atoms with Crippen molar-refractivity contribution in [2.24, 2.45) is 5.73 Å². The number of hydrogen-bond donors (Lipinski definition) is 2. The lowest BCUT2D eigenvalue weighted by Gasteiger charge is -2.12. The number of aromatic carboxylic acids is 1. The summed E-state index contributed by atoms with van der Waals surface area (Å²) in [5, 5.41) is 16.7. The van der Waals surface area contributed by atoms with Crippen LogP contribution in [0.25, 0.3) is 0 Å². The Hall–Kier alpha value is -2.22. The van der Waals surface area contributed by atoms with Crippen LogP contribution in [0.1, 0.15) is 41.8 Å². The fourth-order valence-corrected chi connectivity index (χ4v) is 2.08. The van der Waals surface area contributed by atoms with Gasteiger partial charge in [0.15, 0.2) is 5.69 Å². The van der Waals surface area contributed by atoms with Crippen LogP contribution in [0, 0.1) is 0 Å². The molecule has 0 saturated heterocycles. The number of nitrogens with zero attached hydrogens (tertiary/aromatic N) is 5. The molecule has 0 spiro atoms. The summed E-state index contributed by atoms with van der Waals surface area (Å²) in [5.41, 5.74) is 6.98. The van der Waals surface area contributed by atoms with Crippen molar-refractivity contribution < 1.29 is 9.90 Å². The van der Waals surface area contributed by atoms with Crippen LogP contribution >= 0.6 is 0 Å². The van der Waals surface area contributed by atoms with E-state index in [1.54, 1.807) is 17.2 Å². The van der Waals surface area contributed by atoms with Crippen LogP contribution in [0.2, 0.25) is 0 Å². The first-order valence-corrected chi connectivity index (χ1v) is 6.41. The van der Waals surface area contributed by atoms with Crippen molar-refractivity contribution in [1.29, 1.82) is 0 Å². The van der Waals surface area contributed by atoms with Crippen LogP contribution in [0.15, 0.2) is 12.5 Å². The third-order valence-electron chi connectivity index (χ3n) is 3.04. The van der Waals surface area contributed by atoms with Gasteiger partial charge in [-0.3, -0.25) is 0 Å². The normalized spacial score (nSPS) is 11.2. The van der Waals surface area contributed by atoms with Crippen LogP contribution in [-0.2, 0) is 13.0 Å². The standard InChI is InChI=1S/C12H18N6O2/c1-8(2)17-7-14-5-9(17)6-18-10(3-4-13)11(12(19)20)15-16-18/h5,7-8H,3-4,6,13H2,1-2H3,(H,19,20). The van der Waals surface area contributed by atoms with E-state index in [0.717, 1.165) is 5.69 Å². The minimum absolute atomic E-state index is 0.0361. The fourth-order valence-electron chi connectivity index (χ4n) is 2.08. The van der Waals surface area contributed by atoms with Gasteiger partial charge in [0, 0.05) is 12.5 Å². The maximum absolute atomic E-state index is 11.1. The third-order valence-corrected chi connectivity index (χ3v) is 3.04. The van der Waals surface area contributed by atoms with Gasteiger partial charge in [0.2, 0.25) is 0 Å². The maximum atomic E-state index is 11.1. The minimum atomic E-state index is -1.09. The molecule has 0 fully saturated rings. The number of aromatic nitrogens is 5. The molecule has 0 aromatic carbocycles. The van der Waals surface area contributed by atoms with E-state index in [0.29, 0.717) is 25.2 Å². The van der Waals surface area contributed by atoms with Gasteiger partial charge in [-0.25, -0.2) is 14.5 Å². The van der Waals surface area contributed by atoms with Crippen molar-refractivity contribution in [3.63, 3.8) is 0 Å². The summed E-state index contributed by atoms with van der Waals surface area (Å²) in [6, 6.07) is 0.271. The Balaban J connectivity index is 2.33. The molecule has 0 aliphatic heterocycles. The topological polar surface area (TPSA) is 112 Å². The number of imidazole rings is 1. The number of carbonyl (C=O) groups is 1. The Morgan fingerprint density at radius 3 is 2.85 bits per heavy atom. The van der Waals surface area contributed by atoms with Gasteiger partial charge in [-0.1, -0.05) is 5.21 Å². The first kappa shape index (κ1) is 14.2. The number of hydrogen-bond acceptors (Lipinski definition) is 5. The first-order valence-electron chi connectivity index (χ1n) is 6.41. The lowest BCUT2D eigenvalue weighted by Crippen LogP contribution is -2.16. The zero-order valence-corrected chi connectivity index (χ0v) is 11.5. The molecule has 8 nitrogen and oxygen atoms in total. The summed E-state index contributed by atoms with van der Waals surface area (Å²) in [5.74, 6) is -1.09. The highest BCUT2D eigenvalue weighted by molar-refractivity contribution is 5.86. The van der Waals surface area contributed by atoms with E-state index in [-0.39, 0.29) is 11.7 Å². The summed E-state index contributed by atoms with van der Waals surface area (Å²) in [4.78, 5) is 15.2. The monoisotopic (exact) mass is 278 g/mol. The molecular formula is C12H18N6O2. The van der Waals surface area contributed by atoms with Gasteiger partial charge in [-0.2, -0.15) is 0 Å². The van der Waals surface area contributed by atoms with Crippen LogP contribution in [0.5, 0.6) is 0 Å². The summed E-state index contributed by atoms with van der Waals surface area (Å²) in [6.45, 7) is 4.87. The summed E-state index contributed by atoms with van der Waals surface area (Å²) >= 11 is 0. The van der Waals surface area contributed by atoms with Gasteiger partial charge in [-0.15, -0.1) is 5.10 Å². The summed E-state index contributed by atoms with van der Waals surface area (Å²) in [6.07, 6.45) is 3.91. The van der Waals surface area contributed by atoms with Gasteiger partial charge in [0.05, 0.1) is 30.5 Å². The highest BCUT2D eigenvalue weighted by Crippen LogP contribution is 2.13. The van der Waals surface area contributed by atoms with E-state index in [1.165, 1.54) is 0 Å². The molecule has 0 atom stereocenters. The second-order valence-corrected chi connectivity index (χ2v) is 4.77. The molecule has 2 aromatic heterocycles. The third kappa shape index (κ3) is 2.69. The molecule has 0 unspecified atom stereocenters. The Morgan fingerprint density at radius 2 is 2.25 bits per heavy atom. The first-order chi connectivity index (χ1) is 9.54. The molecule has 0 bridgehead atoms.